The molecular weight excluding hydrogens is 314 g/mol. The summed E-state index contributed by atoms with van der Waals surface area (Å²) >= 11 is 0. The lowest BCUT2D eigenvalue weighted by atomic mass is 10.2. The molecule has 24 heavy (non-hydrogen) atoms. The van der Waals surface area contributed by atoms with E-state index in [0.29, 0.717) is 31.1 Å². The number of aromatic carboxylic acids is 1. The highest BCUT2D eigenvalue weighted by atomic mass is 16.5. The van der Waals surface area contributed by atoms with Gasteiger partial charge in [0.1, 0.15) is 23.7 Å². The number of carboxylic acids is 1. The Kier molecular flexibility index (Phi) is 5.97. The molecule has 0 fully saturated rings. The second-order valence-electron chi connectivity index (χ2n) is 4.93. The number of amides is 1. The average Bonchev–Trinajstić information content (AvgIpc) is 3.00. The maximum atomic E-state index is 12.2. The number of carboxylic acid groups (broad SMARTS) is 1. The van der Waals surface area contributed by atoms with E-state index in [9.17, 15) is 9.59 Å². The van der Waals surface area contributed by atoms with Gasteiger partial charge in [-0.15, -0.1) is 0 Å². The summed E-state index contributed by atoms with van der Waals surface area (Å²) in [5, 5.41) is 11.8. The molecule has 0 bridgehead atoms. The molecule has 1 aromatic carbocycles. The summed E-state index contributed by atoms with van der Waals surface area (Å²) in [5.41, 5.74) is 0.514. The largest absolute Gasteiger partial charge is 0.491 e. The summed E-state index contributed by atoms with van der Waals surface area (Å²) in [6, 6.07) is 8.09. The number of anilines is 1. The van der Waals surface area contributed by atoms with Crippen LogP contribution in [0.3, 0.4) is 0 Å². The lowest BCUT2D eigenvalue weighted by molar-refractivity contribution is 0.0694. The minimum absolute atomic E-state index is 0.000648. The van der Waals surface area contributed by atoms with Gasteiger partial charge in [0, 0.05) is 31.4 Å². The normalized spacial score (nSPS) is 10.4. The zero-order chi connectivity index (χ0) is 17.5. The van der Waals surface area contributed by atoms with Crippen molar-refractivity contribution in [3.05, 3.63) is 47.4 Å². The molecule has 0 aliphatic rings. The first kappa shape index (κ1) is 17.6. The van der Waals surface area contributed by atoms with Gasteiger partial charge in [-0.05, 0) is 12.1 Å². The van der Waals surface area contributed by atoms with E-state index in [-0.39, 0.29) is 17.1 Å². The first-order chi connectivity index (χ1) is 11.5. The number of rotatable bonds is 8. The topological polar surface area (TPSA) is 98.0 Å². The predicted molar refractivity (Wildman–Crippen MR) is 86.8 cm³/mol. The van der Waals surface area contributed by atoms with Gasteiger partial charge in [0.25, 0.3) is 5.91 Å². The van der Waals surface area contributed by atoms with Crippen molar-refractivity contribution in [3.8, 4) is 5.75 Å². The third-order valence-electron chi connectivity index (χ3n) is 3.23. The van der Waals surface area contributed by atoms with Crippen molar-refractivity contribution in [1.29, 1.82) is 0 Å². The molecule has 1 heterocycles. The Morgan fingerprint density at radius 2 is 2.04 bits per heavy atom. The van der Waals surface area contributed by atoms with E-state index in [0.717, 1.165) is 0 Å². The lowest BCUT2D eigenvalue weighted by Crippen LogP contribution is -2.11. The highest BCUT2D eigenvalue weighted by Crippen LogP contribution is 2.20. The molecule has 0 saturated carbocycles. The highest BCUT2D eigenvalue weighted by molar-refractivity contribution is 6.04. The monoisotopic (exact) mass is 333 g/mol. The minimum atomic E-state index is -1.12. The molecule has 128 valence electrons. The third kappa shape index (κ3) is 4.36. The fourth-order valence-electron chi connectivity index (χ4n) is 2.08. The van der Waals surface area contributed by atoms with Crippen LogP contribution in [0, 0.1) is 0 Å². The van der Waals surface area contributed by atoms with Gasteiger partial charge in [-0.1, -0.05) is 13.0 Å². The van der Waals surface area contributed by atoms with Gasteiger partial charge in [0.05, 0.1) is 6.61 Å². The summed E-state index contributed by atoms with van der Waals surface area (Å²) in [7, 11) is 1.58. The fraction of sp³-hybridized carbons (Fsp3) is 0.294. The molecule has 0 saturated heterocycles. The van der Waals surface area contributed by atoms with E-state index in [1.54, 1.807) is 38.3 Å². The molecule has 2 rings (SSSR count). The highest BCUT2D eigenvalue weighted by Gasteiger charge is 2.20. The molecule has 0 atom stereocenters. The van der Waals surface area contributed by atoms with Crippen LogP contribution < -0.4 is 10.1 Å². The molecule has 1 amide bonds. The number of ether oxygens (including phenoxy) is 2. The molecule has 0 unspecified atom stereocenters. The Morgan fingerprint density at radius 3 is 2.67 bits per heavy atom. The van der Waals surface area contributed by atoms with Crippen molar-refractivity contribution in [2.24, 2.45) is 0 Å². The number of hydrogen-bond donors (Lipinski definition) is 2. The molecule has 0 spiro atoms. The van der Waals surface area contributed by atoms with E-state index in [1.807, 2.05) is 0 Å². The van der Waals surface area contributed by atoms with Crippen LogP contribution in [-0.2, 0) is 11.2 Å². The fourth-order valence-corrected chi connectivity index (χ4v) is 2.08. The van der Waals surface area contributed by atoms with Crippen molar-refractivity contribution in [3.63, 3.8) is 0 Å². The zero-order valence-electron chi connectivity index (χ0n) is 13.5. The van der Waals surface area contributed by atoms with E-state index in [1.165, 1.54) is 6.07 Å². The van der Waals surface area contributed by atoms with Crippen molar-refractivity contribution >= 4 is 17.6 Å². The van der Waals surface area contributed by atoms with E-state index in [4.69, 9.17) is 19.0 Å². The lowest BCUT2D eigenvalue weighted by Gasteiger charge is -2.08. The standard InChI is InChI=1S/C17H19NO6/c1-3-14-13(17(20)21)10-15(24-14)16(19)18-11-5-4-6-12(9-11)23-8-7-22-2/h4-6,9-10H,3,7-8H2,1-2H3,(H,18,19)(H,20,21). The molecule has 2 N–H and O–H groups in total. The zero-order valence-corrected chi connectivity index (χ0v) is 13.5. The summed E-state index contributed by atoms with van der Waals surface area (Å²) in [6.07, 6.45) is 0.387. The van der Waals surface area contributed by atoms with Gasteiger partial charge in [-0.3, -0.25) is 4.79 Å². The third-order valence-corrected chi connectivity index (χ3v) is 3.23. The van der Waals surface area contributed by atoms with E-state index < -0.39 is 11.9 Å². The second kappa shape index (κ2) is 8.16. The van der Waals surface area contributed by atoms with E-state index in [2.05, 4.69) is 5.32 Å². The molecule has 7 nitrogen and oxygen atoms in total. The smallest absolute Gasteiger partial charge is 0.339 e. The Labute approximate surface area is 139 Å². The van der Waals surface area contributed by atoms with Gasteiger partial charge >= 0.3 is 5.97 Å². The molecular formula is C17H19NO6. The first-order valence-corrected chi connectivity index (χ1v) is 7.44. The second-order valence-corrected chi connectivity index (χ2v) is 4.93. The van der Waals surface area contributed by atoms with Crippen LogP contribution in [0.4, 0.5) is 5.69 Å². The van der Waals surface area contributed by atoms with Crippen molar-refractivity contribution in [2.45, 2.75) is 13.3 Å². The van der Waals surface area contributed by atoms with Gasteiger partial charge in [0.2, 0.25) is 0 Å². The van der Waals surface area contributed by atoms with E-state index >= 15 is 0 Å². The molecule has 0 aliphatic heterocycles. The molecule has 1 aromatic heterocycles. The van der Waals surface area contributed by atoms with Crippen LogP contribution >= 0.6 is 0 Å². The van der Waals surface area contributed by atoms with Crippen LogP contribution in [0.5, 0.6) is 5.75 Å². The van der Waals surface area contributed by atoms with Crippen molar-refractivity contribution < 1.29 is 28.6 Å². The number of nitrogens with one attached hydrogen (secondary N) is 1. The minimum Gasteiger partial charge on any atom is -0.491 e. The Hall–Kier alpha value is -2.80. The van der Waals surface area contributed by atoms with Gasteiger partial charge in [-0.2, -0.15) is 0 Å². The number of aryl methyl sites for hydroxylation is 1. The van der Waals surface area contributed by atoms with Crippen molar-refractivity contribution in [2.75, 3.05) is 25.6 Å². The number of benzene rings is 1. The summed E-state index contributed by atoms with van der Waals surface area (Å²) in [6.45, 7) is 2.61. The predicted octanol–water partition coefficient (Wildman–Crippen LogP) is 2.82. The number of carbonyl (C=O) groups excluding carboxylic acids is 1. The Bertz CT molecular complexity index is 722. The van der Waals surface area contributed by atoms with Crippen LogP contribution in [-0.4, -0.2) is 37.3 Å². The quantitative estimate of drug-likeness (QED) is 0.721. The van der Waals surface area contributed by atoms with Crippen LogP contribution in [0.2, 0.25) is 0 Å². The van der Waals surface area contributed by atoms with Crippen LogP contribution in [0.1, 0.15) is 33.6 Å². The summed E-state index contributed by atoms with van der Waals surface area (Å²) in [4.78, 5) is 23.4. The Morgan fingerprint density at radius 1 is 1.25 bits per heavy atom. The van der Waals surface area contributed by atoms with Crippen molar-refractivity contribution in [1.82, 2.24) is 0 Å². The number of carbonyl (C=O) groups is 2. The number of furan rings is 1. The maximum Gasteiger partial charge on any atom is 0.339 e. The molecule has 7 heteroatoms. The number of methoxy groups -OCH3 is 1. The van der Waals surface area contributed by atoms with Gasteiger partial charge in [-0.25, -0.2) is 4.79 Å². The van der Waals surface area contributed by atoms with Gasteiger partial charge in [0.15, 0.2) is 5.76 Å². The maximum absolute atomic E-state index is 12.2. The molecule has 2 aromatic rings. The summed E-state index contributed by atoms with van der Waals surface area (Å²) < 4.78 is 15.7. The Balaban J connectivity index is 2.09. The number of hydrogen-bond acceptors (Lipinski definition) is 5. The van der Waals surface area contributed by atoms with Crippen LogP contribution in [0.25, 0.3) is 0 Å². The average molecular weight is 333 g/mol. The summed E-state index contributed by atoms with van der Waals surface area (Å²) in [5.74, 6) is -0.835. The molecule has 0 aliphatic carbocycles. The van der Waals surface area contributed by atoms with Crippen LogP contribution in [0.15, 0.2) is 34.7 Å². The first-order valence-electron chi connectivity index (χ1n) is 7.44. The SMILES string of the molecule is CCc1oc(C(=O)Nc2cccc(OCCOC)c2)cc1C(=O)O. The van der Waals surface area contributed by atoms with Gasteiger partial charge < -0.3 is 24.3 Å². The molecule has 0 radical (unpaired) electrons.